The molecule has 0 saturated carbocycles. The third-order valence-electron chi connectivity index (χ3n) is 4.16. The van der Waals surface area contributed by atoms with Crippen molar-refractivity contribution in [3.8, 4) is 0 Å². The van der Waals surface area contributed by atoms with Crippen LogP contribution in [0.3, 0.4) is 0 Å². The fraction of sp³-hybridized carbons (Fsp3) is 0.150. The maximum Gasteiger partial charge on any atom is 0.262 e. The van der Waals surface area contributed by atoms with Crippen molar-refractivity contribution in [3.63, 3.8) is 0 Å². The summed E-state index contributed by atoms with van der Waals surface area (Å²) in [5.74, 6) is 0.0559. The van der Waals surface area contributed by atoms with Gasteiger partial charge in [0.15, 0.2) is 0 Å². The zero-order valence-electron chi connectivity index (χ0n) is 14.0. The lowest BCUT2D eigenvalue weighted by atomic mass is 10.1. The molecule has 4 nitrogen and oxygen atoms in total. The molecule has 4 rings (SSSR count). The van der Waals surface area contributed by atoms with E-state index >= 15 is 0 Å². The highest BCUT2D eigenvalue weighted by Gasteiger charge is 2.20. The molecule has 2 aromatic heterocycles. The quantitative estimate of drug-likeness (QED) is 0.546. The van der Waals surface area contributed by atoms with E-state index in [9.17, 15) is 9.18 Å². The molecule has 132 valence electrons. The maximum absolute atomic E-state index is 14.2. The van der Waals surface area contributed by atoms with Crippen molar-refractivity contribution in [1.82, 2.24) is 5.32 Å². The second-order valence-corrected chi connectivity index (χ2v) is 6.94. The summed E-state index contributed by atoms with van der Waals surface area (Å²) in [7, 11) is 1.53. The van der Waals surface area contributed by atoms with Gasteiger partial charge >= 0.3 is 0 Å². The Hall–Kier alpha value is -2.70. The Morgan fingerprint density at radius 2 is 2.08 bits per heavy atom. The SMILES string of the molecule is COCc1c(C(=O)NCc2cc3ccccc3o2)sc2cccc(F)c12. The minimum atomic E-state index is -0.345. The van der Waals surface area contributed by atoms with Gasteiger partial charge in [-0.25, -0.2) is 4.39 Å². The van der Waals surface area contributed by atoms with Crippen molar-refractivity contribution in [2.75, 3.05) is 7.11 Å². The Morgan fingerprint density at radius 1 is 1.23 bits per heavy atom. The van der Waals surface area contributed by atoms with Crippen LogP contribution in [0.1, 0.15) is 21.0 Å². The Bertz CT molecular complexity index is 1070. The molecule has 0 spiro atoms. The number of thiophene rings is 1. The van der Waals surface area contributed by atoms with E-state index in [0.29, 0.717) is 21.6 Å². The topological polar surface area (TPSA) is 51.5 Å². The first-order valence-corrected chi connectivity index (χ1v) is 8.93. The minimum absolute atomic E-state index is 0.175. The number of fused-ring (bicyclic) bond motifs is 2. The molecule has 2 aromatic carbocycles. The molecular weight excluding hydrogens is 353 g/mol. The number of halogens is 1. The lowest BCUT2D eigenvalue weighted by Crippen LogP contribution is -2.22. The summed E-state index contributed by atoms with van der Waals surface area (Å²) in [5.41, 5.74) is 1.36. The molecule has 0 saturated heterocycles. The number of para-hydroxylation sites is 1. The summed E-state index contributed by atoms with van der Waals surface area (Å²) in [6.07, 6.45) is 0. The van der Waals surface area contributed by atoms with E-state index in [-0.39, 0.29) is 24.9 Å². The number of methoxy groups -OCH3 is 1. The third kappa shape index (κ3) is 2.98. The predicted octanol–water partition coefficient (Wildman–Crippen LogP) is 4.86. The Balaban J connectivity index is 1.61. The molecule has 0 unspecified atom stereocenters. The van der Waals surface area contributed by atoms with Gasteiger partial charge in [0.25, 0.3) is 5.91 Å². The first kappa shape index (κ1) is 16.8. The highest BCUT2D eigenvalue weighted by molar-refractivity contribution is 7.21. The summed E-state index contributed by atoms with van der Waals surface area (Å²) in [6, 6.07) is 14.4. The monoisotopic (exact) mass is 369 g/mol. The molecule has 26 heavy (non-hydrogen) atoms. The van der Waals surface area contributed by atoms with E-state index in [1.165, 1.54) is 24.5 Å². The largest absolute Gasteiger partial charge is 0.459 e. The fourth-order valence-electron chi connectivity index (χ4n) is 3.00. The molecule has 0 aliphatic carbocycles. The number of carbonyl (C=O) groups excluding carboxylic acids is 1. The van der Waals surface area contributed by atoms with E-state index in [1.54, 1.807) is 12.1 Å². The maximum atomic E-state index is 14.2. The smallest absolute Gasteiger partial charge is 0.262 e. The molecule has 0 fully saturated rings. The van der Waals surface area contributed by atoms with E-state index in [2.05, 4.69) is 5.32 Å². The van der Waals surface area contributed by atoms with Crippen LogP contribution in [0.25, 0.3) is 21.1 Å². The number of hydrogen-bond acceptors (Lipinski definition) is 4. The van der Waals surface area contributed by atoms with Gasteiger partial charge < -0.3 is 14.5 Å². The van der Waals surface area contributed by atoms with E-state index in [0.717, 1.165) is 15.7 Å². The number of carbonyl (C=O) groups is 1. The summed E-state index contributed by atoms with van der Waals surface area (Å²) >= 11 is 1.26. The highest BCUT2D eigenvalue weighted by Crippen LogP contribution is 2.33. The van der Waals surface area contributed by atoms with Crippen LogP contribution in [-0.2, 0) is 17.9 Å². The lowest BCUT2D eigenvalue weighted by Gasteiger charge is -2.05. The molecule has 0 atom stereocenters. The second kappa shape index (κ2) is 6.90. The molecule has 4 aromatic rings. The van der Waals surface area contributed by atoms with Crippen LogP contribution in [0.15, 0.2) is 52.9 Å². The number of amides is 1. The Labute approximate surface area is 153 Å². The van der Waals surface area contributed by atoms with E-state index in [1.807, 2.05) is 30.3 Å². The van der Waals surface area contributed by atoms with Gasteiger partial charge in [-0.05, 0) is 24.3 Å². The van der Waals surface area contributed by atoms with Crippen LogP contribution in [0.2, 0.25) is 0 Å². The number of nitrogens with one attached hydrogen (secondary N) is 1. The van der Waals surface area contributed by atoms with Crippen molar-refractivity contribution < 1.29 is 18.3 Å². The average Bonchev–Trinajstić information content (AvgIpc) is 3.22. The normalized spacial score (nSPS) is 11.3. The first-order valence-electron chi connectivity index (χ1n) is 8.12. The van der Waals surface area contributed by atoms with Crippen molar-refractivity contribution >= 4 is 38.3 Å². The summed E-state index contributed by atoms with van der Waals surface area (Å²) in [4.78, 5) is 13.2. The van der Waals surface area contributed by atoms with Gasteiger partial charge in [0.1, 0.15) is 17.2 Å². The summed E-state index contributed by atoms with van der Waals surface area (Å²) in [6.45, 7) is 0.436. The molecule has 0 aliphatic heterocycles. The van der Waals surface area contributed by atoms with Crippen LogP contribution >= 0.6 is 11.3 Å². The summed E-state index contributed by atoms with van der Waals surface area (Å²) in [5, 5.41) is 4.29. The second-order valence-electron chi connectivity index (χ2n) is 5.89. The minimum Gasteiger partial charge on any atom is -0.459 e. The number of rotatable bonds is 5. The zero-order valence-corrected chi connectivity index (χ0v) is 14.9. The highest BCUT2D eigenvalue weighted by atomic mass is 32.1. The molecular formula is C20H16FNO3S. The standard InChI is InChI=1S/C20H16FNO3S/c1-24-11-14-18-15(21)6-4-8-17(18)26-19(14)20(23)22-10-13-9-12-5-2-3-7-16(12)25-13/h2-9H,10-11H2,1H3,(H,22,23). The Kier molecular flexibility index (Phi) is 4.44. The number of hydrogen-bond donors (Lipinski definition) is 1. The molecule has 0 bridgehead atoms. The van der Waals surface area contributed by atoms with Crippen molar-refractivity contribution in [2.45, 2.75) is 13.2 Å². The van der Waals surface area contributed by atoms with Crippen LogP contribution in [0.4, 0.5) is 4.39 Å². The van der Waals surface area contributed by atoms with E-state index in [4.69, 9.17) is 9.15 Å². The number of ether oxygens (including phenoxy) is 1. The molecule has 1 N–H and O–H groups in total. The van der Waals surface area contributed by atoms with Crippen LogP contribution in [0, 0.1) is 5.82 Å². The molecule has 0 aliphatic rings. The van der Waals surface area contributed by atoms with Crippen LogP contribution in [-0.4, -0.2) is 13.0 Å². The molecule has 0 radical (unpaired) electrons. The van der Waals surface area contributed by atoms with Gasteiger partial charge in [0.2, 0.25) is 0 Å². The number of furan rings is 1. The first-order chi connectivity index (χ1) is 12.7. The van der Waals surface area contributed by atoms with Gasteiger partial charge in [0, 0.05) is 28.1 Å². The van der Waals surface area contributed by atoms with Gasteiger partial charge in [0.05, 0.1) is 18.0 Å². The van der Waals surface area contributed by atoms with Gasteiger partial charge in [-0.1, -0.05) is 24.3 Å². The van der Waals surface area contributed by atoms with Crippen molar-refractivity contribution in [2.24, 2.45) is 0 Å². The van der Waals surface area contributed by atoms with E-state index < -0.39 is 0 Å². The Morgan fingerprint density at radius 3 is 2.88 bits per heavy atom. The van der Waals surface area contributed by atoms with Crippen molar-refractivity contribution in [3.05, 3.63) is 70.5 Å². The van der Waals surface area contributed by atoms with Gasteiger partial charge in [-0.3, -0.25) is 4.79 Å². The predicted molar refractivity (Wildman–Crippen MR) is 99.9 cm³/mol. The van der Waals surface area contributed by atoms with Crippen molar-refractivity contribution in [1.29, 1.82) is 0 Å². The van der Waals surface area contributed by atoms with Gasteiger partial charge in [-0.2, -0.15) is 0 Å². The molecule has 1 amide bonds. The molecule has 2 heterocycles. The van der Waals surface area contributed by atoms with Crippen LogP contribution in [0.5, 0.6) is 0 Å². The number of benzene rings is 2. The fourth-order valence-corrected chi connectivity index (χ4v) is 4.14. The molecule has 6 heteroatoms. The lowest BCUT2D eigenvalue weighted by molar-refractivity contribution is 0.0948. The third-order valence-corrected chi connectivity index (χ3v) is 5.35. The van der Waals surface area contributed by atoms with Gasteiger partial charge in [-0.15, -0.1) is 11.3 Å². The van der Waals surface area contributed by atoms with Crippen LogP contribution < -0.4 is 5.32 Å². The average molecular weight is 369 g/mol. The zero-order chi connectivity index (χ0) is 18.1. The summed E-state index contributed by atoms with van der Waals surface area (Å²) < 4.78 is 25.8.